The number of guanidine groups is 1. The average Bonchev–Trinajstić information content (AvgIpc) is 3.34. The maximum absolute atomic E-state index is 13.0. The molecule has 3 aromatic rings. The molecule has 29 heavy (non-hydrogen) atoms. The summed E-state index contributed by atoms with van der Waals surface area (Å²) in [5.41, 5.74) is 0.469. The number of alkyl halides is 3. The van der Waals surface area contributed by atoms with Crippen LogP contribution < -0.4 is 10.6 Å². The van der Waals surface area contributed by atoms with Gasteiger partial charge in [-0.15, -0.1) is 11.3 Å². The van der Waals surface area contributed by atoms with Crippen molar-refractivity contribution in [1.82, 2.24) is 20.6 Å². The third-order valence-corrected chi connectivity index (χ3v) is 4.64. The van der Waals surface area contributed by atoms with Gasteiger partial charge in [0, 0.05) is 31.0 Å². The van der Waals surface area contributed by atoms with Gasteiger partial charge in [-0.25, -0.2) is 14.4 Å². The molecule has 154 valence electrons. The van der Waals surface area contributed by atoms with Gasteiger partial charge in [-0.05, 0) is 24.3 Å². The van der Waals surface area contributed by atoms with E-state index in [0.717, 1.165) is 16.7 Å². The monoisotopic (exact) mass is 427 g/mol. The van der Waals surface area contributed by atoms with Crippen molar-refractivity contribution < 1.29 is 22.0 Å². The number of hydrogen-bond donors (Lipinski definition) is 2. The fraction of sp³-hybridized carbons (Fsp3) is 0.278. The molecule has 0 aliphatic rings. The van der Waals surface area contributed by atoms with E-state index in [2.05, 4.69) is 25.6 Å². The second-order valence-corrected chi connectivity index (χ2v) is 6.82. The number of nitrogens with one attached hydrogen (secondary N) is 2. The van der Waals surface area contributed by atoms with E-state index in [9.17, 15) is 17.6 Å². The smallest absolute Gasteiger partial charge is 0.434 e. The standard InChI is InChI=1S/C18H17F4N5OS/c1-23-17(25-8-15-27-14(10-29-15)18(20,21)22)24-7-6-13-9-28-16(26-13)11-2-4-12(19)5-3-11/h2-5,9-10H,6-8H2,1H3,(H2,23,24,25). The number of aromatic nitrogens is 2. The fourth-order valence-electron chi connectivity index (χ4n) is 2.36. The summed E-state index contributed by atoms with van der Waals surface area (Å²) in [5, 5.41) is 7.25. The molecule has 0 fully saturated rings. The Bertz CT molecular complexity index is 965. The Kier molecular flexibility index (Phi) is 6.47. The van der Waals surface area contributed by atoms with Crippen molar-refractivity contribution >= 4 is 17.3 Å². The highest BCUT2D eigenvalue weighted by atomic mass is 32.1. The van der Waals surface area contributed by atoms with Crippen LogP contribution in [0.25, 0.3) is 11.5 Å². The Hall–Kier alpha value is -2.95. The number of benzene rings is 1. The molecular formula is C18H17F4N5OS. The van der Waals surface area contributed by atoms with Crippen molar-refractivity contribution in [2.45, 2.75) is 19.1 Å². The van der Waals surface area contributed by atoms with Crippen molar-refractivity contribution in [2.24, 2.45) is 4.99 Å². The molecule has 3 rings (SSSR count). The van der Waals surface area contributed by atoms with Gasteiger partial charge in [-0.1, -0.05) is 0 Å². The number of thiazole rings is 1. The van der Waals surface area contributed by atoms with Crippen LogP contribution in [0.15, 0.2) is 45.3 Å². The zero-order valence-electron chi connectivity index (χ0n) is 15.3. The van der Waals surface area contributed by atoms with E-state index >= 15 is 0 Å². The predicted octanol–water partition coefficient (Wildman–Crippen LogP) is 3.86. The van der Waals surface area contributed by atoms with Gasteiger partial charge in [0.2, 0.25) is 5.89 Å². The topological polar surface area (TPSA) is 75.3 Å². The summed E-state index contributed by atoms with van der Waals surface area (Å²) in [6, 6.07) is 5.82. The van der Waals surface area contributed by atoms with Gasteiger partial charge in [0.05, 0.1) is 12.2 Å². The first-order chi connectivity index (χ1) is 13.8. The van der Waals surface area contributed by atoms with Gasteiger partial charge in [0.15, 0.2) is 11.7 Å². The van der Waals surface area contributed by atoms with Crippen LogP contribution in [0.2, 0.25) is 0 Å². The molecule has 0 spiro atoms. The minimum atomic E-state index is -4.45. The fourth-order valence-corrected chi connectivity index (χ4v) is 3.10. The third-order valence-electron chi connectivity index (χ3n) is 3.79. The Labute approximate surface area is 167 Å². The molecule has 2 aromatic heterocycles. The maximum atomic E-state index is 13.0. The van der Waals surface area contributed by atoms with Crippen molar-refractivity contribution in [3.63, 3.8) is 0 Å². The maximum Gasteiger partial charge on any atom is 0.434 e. The van der Waals surface area contributed by atoms with E-state index < -0.39 is 11.9 Å². The molecular weight excluding hydrogens is 410 g/mol. The number of oxazole rings is 1. The Morgan fingerprint density at radius 1 is 1.17 bits per heavy atom. The van der Waals surface area contributed by atoms with Crippen molar-refractivity contribution in [1.29, 1.82) is 0 Å². The summed E-state index contributed by atoms with van der Waals surface area (Å²) in [4.78, 5) is 11.9. The molecule has 0 unspecified atom stereocenters. The van der Waals surface area contributed by atoms with Gasteiger partial charge >= 0.3 is 6.18 Å². The van der Waals surface area contributed by atoms with Crippen LogP contribution >= 0.6 is 11.3 Å². The van der Waals surface area contributed by atoms with E-state index in [1.54, 1.807) is 19.2 Å². The van der Waals surface area contributed by atoms with Gasteiger partial charge < -0.3 is 15.1 Å². The molecule has 6 nitrogen and oxygen atoms in total. The number of rotatable bonds is 6. The molecule has 0 atom stereocenters. The molecule has 0 saturated carbocycles. The largest absolute Gasteiger partial charge is 0.444 e. The summed E-state index contributed by atoms with van der Waals surface area (Å²) >= 11 is 0.929. The highest BCUT2D eigenvalue weighted by Gasteiger charge is 2.33. The lowest BCUT2D eigenvalue weighted by atomic mass is 10.2. The number of aliphatic imine (C=N–C) groups is 1. The quantitative estimate of drug-likeness (QED) is 0.355. The van der Waals surface area contributed by atoms with Crippen LogP contribution in [0.4, 0.5) is 17.6 Å². The third kappa shape index (κ3) is 5.76. The zero-order valence-corrected chi connectivity index (χ0v) is 16.1. The molecule has 0 bridgehead atoms. The number of halogens is 4. The normalized spacial score (nSPS) is 12.2. The van der Waals surface area contributed by atoms with Gasteiger partial charge in [-0.2, -0.15) is 13.2 Å². The van der Waals surface area contributed by atoms with Crippen LogP contribution in [0.5, 0.6) is 0 Å². The predicted molar refractivity (Wildman–Crippen MR) is 101 cm³/mol. The van der Waals surface area contributed by atoms with Crippen LogP contribution in [-0.2, 0) is 19.1 Å². The molecule has 0 aliphatic heterocycles. The van der Waals surface area contributed by atoms with Gasteiger partial charge in [0.1, 0.15) is 17.1 Å². The Morgan fingerprint density at radius 3 is 2.59 bits per heavy atom. The number of hydrogen-bond acceptors (Lipinski definition) is 5. The van der Waals surface area contributed by atoms with Crippen LogP contribution in [0.1, 0.15) is 16.4 Å². The molecule has 1 aromatic carbocycles. The summed E-state index contributed by atoms with van der Waals surface area (Å²) in [6.45, 7) is 0.597. The molecule has 2 heterocycles. The lowest BCUT2D eigenvalue weighted by Gasteiger charge is -2.10. The lowest BCUT2D eigenvalue weighted by molar-refractivity contribution is -0.140. The van der Waals surface area contributed by atoms with E-state index in [-0.39, 0.29) is 12.4 Å². The van der Waals surface area contributed by atoms with Crippen LogP contribution in [0, 0.1) is 5.82 Å². The lowest BCUT2D eigenvalue weighted by Crippen LogP contribution is -2.37. The van der Waals surface area contributed by atoms with E-state index in [4.69, 9.17) is 4.42 Å². The van der Waals surface area contributed by atoms with Gasteiger partial charge in [0.25, 0.3) is 0 Å². The molecule has 0 saturated heterocycles. The van der Waals surface area contributed by atoms with Crippen molar-refractivity contribution in [2.75, 3.05) is 13.6 Å². The highest BCUT2D eigenvalue weighted by molar-refractivity contribution is 7.09. The zero-order chi connectivity index (χ0) is 20.9. The molecule has 11 heteroatoms. The molecule has 0 radical (unpaired) electrons. The van der Waals surface area contributed by atoms with Gasteiger partial charge in [-0.3, -0.25) is 4.99 Å². The summed E-state index contributed by atoms with van der Waals surface area (Å²) < 4.78 is 56.1. The summed E-state index contributed by atoms with van der Waals surface area (Å²) in [5.74, 6) is 0.485. The Morgan fingerprint density at radius 2 is 1.93 bits per heavy atom. The SMILES string of the molecule is CN=C(NCCc1coc(-c2ccc(F)cc2)n1)NCc1nc(C(F)(F)F)cs1. The van der Waals surface area contributed by atoms with E-state index in [0.29, 0.717) is 41.1 Å². The van der Waals surface area contributed by atoms with Crippen LogP contribution in [0.3, 0.4) is 0 Å². The van der Waals surface area contributed by atoms with E-state index in [1.807, 2.05) is 0 Å². The molecule has 0 amide bonds. The van der Waals surface area contributed by atoms with Crippen molar-refractivity contribution in [3.05, 3.63) is 58.1 Å². The minimum Gasteiger partial charge on any atom is -0.444 e. The van der Waals surface area contributed by atoms with Crippen LogP contribution in [-0.4, -0.2) is 29.5 Å². The summed E-state index contributed by atoms with van der Waals surface area (Å²) in [6.07, 6.45) is -2.40. The first-order valence-corrected chi connectivity index (χ1v) is 9.39. The second-order valence-electron chi connectivity index (χ2n) is 5.88. The summed E-state index contributed by atoms with van der Waals surface area (Å²) in [7, 11) is 1.56. The number of nitrogens with zero attached hydrogens (tertiary/aromatic N) is 3. The van der Waals surface area contributed by atoms with Crippen molar-refractivity contribution in [3.8, 4) is 11.5 Å². The second kappa shape index (κ2) is 9.03. The highest BCUT2D eigenvalue weighted by Crippen LogP contribution is 2.29. The molecule has 0 aliphatic carbocycles. The van der Waals surface area contributed by atoms with E-state index in [1.165, 1.54) is 18.4 Å². The molecule has 2 N–H and O–H groups in total. The average molecular weight is 427 g/mol. The Balaban J connectivity index is 1.46. The minimum absolute atomic E-state index is 0.124. The first kappa shape index (κ1) is 20.8. The first-order valence-electron chi connectivity index (χ1n) is 8.51.